The van der Waals surface area contributed by atoms with E-state index in [9.17, 15) is 20.5 Å². The van der Waals surface area contributed by atoms with Crippen LogP contribution in [0.2, 0.25) is 4.97 Å². The normalized spacial score (nSPS) is 16.5. The molecule has 0 aliphatic rings. The van der Waals surface area contributed by atoms with E-state index >= 15 is 0 Å². The van der Waals surface area contributed by atoms with Crippen LogP contribution >= 0.6 is 0 Å². The van der Waals surface area contributed by atoms with Gasteiger partial charge in [0.25, 0.3) is 0 Å². The maximum atomic E-state index is 13.7. The number of alkyl halides is 4. The summed E-state index contributed by atoms with van der Waals surface area (Å²) in [7, 11) is 0. The van der Waals surface area contributed by atoms with Gasteiger partial charge in [-0.15, -0.1) is 0 Å². The van der Waals surface area contributed by atoms with Gasteiger partial charge >= 0.3 is 91.3 Å². The van der Waals surface area contributed by atoms with E-state index in [1.54, 1.807) is 0 Å². The van der Waals surface area contributed by atoms with Crippen LogP contribution in [0.5, 0.6) is 0 Å². The Kier molecular flexibility index (Phi) is 3.62. The molecule has 0 aliphatic carbocycles. The summed E-state index contributed by atoms with van der Waals surface area (Å²) >= 11 is -4.36. The first-order valence-corrected chi connectivity index (χ1v) is 8.31. The fourth-order valence-electron chi connectivity index (χ4n) is 1.14. The maximum absolute atomic E-state index is 13.7. The standard InChI is InChI=1S/C9H8F5Te/c1-15(14)8(10,9(11,12)13)7-5-3-2-4-6-7/h2-6H,1H3. The molecule has 15 heavy (non-hydrogen) atoms. The Bertz CT molecular complexity index is 321. The van der Waals surface area contributed by atoms with E-state index in [1.807, 2.05) is 0 Å². The van der Waals surface area contributed by atoms with Gasteiger partial charge in [0.15, 0.2) is 0 Å². The summed E-state index contributed by atoms with van der Waals surface area (Å²) in [6.07, 6.45) is -5.19. The van der Waals surface area contributed by atoms with Gasteiger partial charge in [0.05, 0.1) is 0 Å². The topological polar surface area (TPSA) is 0 Å². The molecule has 1 aromatic carbocycles. The Morgan fingerprint density at radius 1 is 1.00 bits per heavy atom. The van der Waals surface area contributed by atoms with Gasteiger partial charge in [0.2, 0.25) is 0 Å². The van der Waals surface area contributed by atoms with Crippen LogP contribution in [0.4, 0.5) is 20.5 Å². The molecule has 0 fully saturated rings. The van der Waals surface area contributed by atoms with Gasteiger partial charge in [-0.25, -0.2) is 0 Å². The van der Waals surface area contributed by atoms with Crippen LogP contribution in [0.1, 0.15) is 5.56 Å². The van der Waals surface area contributed by atoms with Gasteiger partial charge in [-0.3, -0.25) is 0 Å². The molecule has 0 nitrogen and oxygen atoms in total. The van der Waals surface area contributed by atoms with Crippen molar-refractivity contribution in [1.82, 2.24) is 0 Å². The van der Waals surface area contributed by atoms with Crippen molar-refractivity contribution in [3.05, 3.63) is 35.9 Å². The van der Waals surface area contributed by atoms with Gasteiger partial charge < -0.3 is 0 Å². The second kappa shape index (κ2) is 4.26. The number of hydrogen-bond donors (Lipinski definition) is 0. The van der Waals surface area contributed by atoms with Gasteiger partial charge in [-0.05, 0) is 0 Å². The molecule has 1 unspecified atom stereocenters. The third-order valence-electron chi connectivity index (χ3n) is 1.90. The third-order valence-corrected chi connectivity index (χ3v) is 5.44. The average molecular weight is 339 g/mol. The van der Waals surface area contributed by atoms with Crippen LogP contribution in [0.3, 0.4) is 0 Å². The fourth-order valence-corrected chi connectivity index (χ4v) is 3.36. The van der Waals surface area contributed by atoms with Crippen LogP contribution in [-0.2, 0) is 3.72 Å². The van der Waals surface area contributed by atoms with Crippen molar-refractivity contribution in [3.63, 3.8) is 0 Å². The van der Waals surface area contributed by atoms with Crippen LogP contribution in [0.15, 0.2) is 30.3 Å². The molecular formula is C9H8F5Te. The van der Waals surface area contributed by atoms with E-state index < -0.39 is 35.6 Å². The first-order chi connectivity index (χ1) is 6.80. The predicted molar refractivity (Wildman–Crippen MR) is 48.0 cm³/mol. The van der Waals surface area contributed by atoms with Crippen molar-refractivity contribution >= 4 is 20.1 Å². The summed E-state index contributed by atoms with van der Waals surface area (Å²) in [6.45, 7) is 0. The van der Waals surface area contributed by atoms with Crippen molar-refractivity contribution in [2.75, 3.05) is 0 Å². The second-order valence-electron chi connectivity index (χ2n) is 2.89. The average Bonchev–Trinajstić information content (AvgIpc) is 2.16. The minimum atomic E-state index is -5.19. The van der Waals surface area contributed by atoms with Crippen molar-refractivity contribution in [3.8, 4) is 0 Å². The zero-order valence-corrected chi connectivity index (χ0v) is 10.0. The van der Waals surface area contributed by atoms with E-state index in [2.05, 4.69) is 0 Å². The summed E-state index contributed by atoms with van der Waals surface area (Å²) in [4.78, 5) is 0.726. The molecule has 0 saturated heterocycles. The van der Waals surface area contributed by atoms with E-state index in [0.717, 1.165) is 17.1 Å². The SMILES string of the molecule is C[Te](F)C(F)(c1ccccc1)C(F)(F)F. The summed E-state index contributed by atoms with van der Waals surface area (Å²) in [6, 6.07) is 5.90. The summed E-state index contributed by atoms with van der Waals surface area (Å²) in [5.74, 6) is 0. The van der Waals surface area contributed by atoms with E-state index in [4.69, 9.17) is 0 Å². The number of halogens is 5. The zero-order valence-electron chi connectivity index (χ0n) is 7.68. The van der Waals surface area contributed by atoms with Crippen LogP contribution < -0.4 is 0 Å². The fraction of sp³-hybridized carbons (Fsp3) is 0.333. The molecule has 0 aromatic heterocycles. The quantitative estimate of drug-likeness (QED) is 0.571. The predicted octanol–water partition coefficient (Wildman–Crippen LogP) is 3.54. The molecule has 1 atom stereocenters. The Morgan fingerprint density at radius 3 is 1.80 bits per heavy atom. The van der Waals surface area contributed by atoms with Crippen molar-refractivity contribution < 1.29 is 20.5 Å². The Labute approximate surface area is 91.5 Å². The molecule has 6 heteroatoms. The number of benzene rings is 1. The van der Waals surface area contributed by atoms with Crippen molar-refractivity contribution in [2.24, 2.45) is 0 Å². The first kappa shape index (κ1) is 12.7. The molecule has 85 valence electrons. The van der Waals surface area contributed by atoms with Crippen LogP contribution in [0.25, 0.3) is 0 Å². The zero-order chi connectivity index (χ0) is 11.7. The first-order valence-electron chi connectivity index (χ1n) is 3.93. The number of hydrogen-bond acceptors (Lipinski definition) is 0. The van der Waals surface area contributed by atoms with Crippen LogP contribution in [-0.4, -0.2) is 26.3 Å². The monoisotopic (exact) mass is 341 g/mol. The second-order valence-corrected chi connectivity index (χ2v) is 6.99. The Balaban J connectivity index is 3.26. The molecule has 1 aromatic rings. The van der Waals surface area contributed by atoms with Crippen molar-refractivity contribution in [2.45, 2.75) is 14.9 Å². The molecular weight excluding hydrogens is 331 g/mol. The Hall–Kier alpha value is -0.340. The molecule has 1 rings (SSSR count). The molecule has 0 saturated carbocycles. The van der Waals surface area contributed by atoms with Gasteiger partial charge in [-0.2, -0.15) is 0 Å². The van der Waals surface area contributed by atoms with Crippen molar-refractivity contribution in [1.29, 1.82) is 0 Å². The third kappa shape index (κ3) is 2.26. The molecule has 0 bridgehead atoms. The Morgan fingerprint density at radius 2 is 1.47 bits per heavy atom. The van der Waals surface area contributed by atoms with E-state index in [-0.39, 0.29) is 0 Å². The molecule has 0 heterocycles. The van der Waals surface area contributed by atoms with Gasteiger partial charge in [-0.1, -0.05) is 0 Å². The van der Waals surface area contributed by atoms with Gasteiger partial charge in [0.1, 0.15) is 0 Å². The summed E-state index contributed by atoms with van der Waals surface area (Å²) in [5, 5.41) is 0. The molecule has 0 N–H and O–H groups in total. The minimum absolute atomic E-state index is 0.640. The van der Waals surface area contributed by atoms with Gasteiger partial charge in [0, 0.05) is 0 Å². The van der Waals surface area contributed by atoms with E-state index in [1.165, 1.54) is 18.2 Å². The van der Waals surface area contributed by atoms with E-state index in [0.29, 0.717) is 0 Å². The summed E-state index contributed by atoms with van der Waals surface area (Å²) in [5.41, 5.74) is -0.640. The molecule has 0 spiro atoms. The summed E-state index contributed by atoms with van der Waals surface area (Å²) < 4.78 is 60.4. The molecule has 0 aliphatic heterocycles. The molecule has 0 amide bonds. The number of rotatable bonds is 2. The van der Waals surface area contributed by atoms with Crippen LogP contribution in [0, 0.1) is 0 Å². The molecule has 1 radical (unpaired) electrons.